The van der Waals surface area contributed by atoms with E-state index in [9.17, 15) is 4.79 Å². The Bertz CT molecular complexity index is 614. The molecule has 0 aliphatic heterocycles. The Kier molecular flexibility index (Phi) is 6.10. The number of rotatable bonds is 7. The third kappa shape index (κ3) is 5.07. The summed E-state index contributed by atoms with van der Waals surface area (Å²) in [6, 6.07) is 9.17. The molecule has 23 heavy (non-hydrogen) atoms. The maximum Gasteiger partial charge on any atom is 0.315 e. The smallest absolute Gasteiger partial charge is 0.315 e. The van der Waals surface area contributed by atoms with Crippen molar-refractivity contribution < 1.29 is 9.90 Å². The van der Waals surface area contributed by atoms with Crippen molar-refractivity contribution in [2.45, 2.75) is 26.3 Å². The van der Waals surface area contributed by atoms with Crippen LogP contribution in [-0.2, 0) is 0 Å². The Morgan fingerprint density at radius 3 is 2.74 bits per heavy atom. The summed E-state index contributed by atoms with van der Waals surface area (Å²) in [6.07, 6.45) is 2.47. The lowest BCUT2D eigenvalue weighted by Crippen LogP contribution is -2.39. The summed E-state index contributed by atoms with van der Waals surface area (Å²) in [6.45, 7) is 4.49. The van der Waals surface area contributed by atoms with Gasteiger partial charge in [-0.25, -0.2) is 9.48 Å². The monoisotopic (exact) mass is 317 g/mol. The van der Waals surface area contributed by atoms with Gasteiger partial charge in [0.15, 0.2) is 0 Å². The number of carbonyl (C=O) groups is 1. The van der Waals surface area contributed by atoms with Gasteiger partial charge in [-0.3, -0.25) is 0 Å². The van der Waals surface area contributed by atoms with Gasteiger partial charge in [0.1, 0.15) is 5.69 Å². The van der Waals surface area contributed by atoms with Crippen LogP contribution in [0.4, 0.5) is 4.79 Å². The number of amides is 2. The second-order valence-corrected chi connectivity index (χ2v) is 5.62. The molecule has 2 aromatic rings. The summed E-state index contributed by atoms with van der Waals surface area (Å²) in [5.74, 6) is 0.236. The van der Waals surface area contributed by atoms with Gasteiger partial charge in [-0.15, -0.1) is 5.10 Å². The van der Waals surface area contributed by atoms with Crippen LogP contribution < -0.4 is 10.6 Å². The summed E-state index contributed by atoms with van der Waals surface area (Å²) in [4.78, 5) is 11.9. The molecule has 0 aliphatic carbocycles. The third-order valence-corrected chi connectivity index (χ3v) is 3.56. The number of hydrogen-bond acceptors (Lipinski definition) is 4. The number of aromatic nitrogens is 3. The molecule has 3 N–H and O–H groups in total. The van der Waals surface area contributed by atoms with Crippen molar-refractivity contribution in [3.05, 3.63) is 42.2 Å². The van der Waals surface area contributed by atoms with Crippen LogP contribution in [-0.4, -0.2) is 39.3 Å². The second kappa shape index (κ2) is 8.28. The number of para-hydroxylation sites is 1. The molecule has 2 amide bonds. The topological polar surface area (TPSA) is 92.1 Å². The summed E-state index contributed by atoms with van der Waals surface area (Å²) in [5.41, 5.74) is 1.60. The van der Waals surface area contributed by atoms with Gasteiger partial charge in [-0.2, -0.15) is 0 Å². The Balaban J connectivity index is 1.87. The van der Waals surface area contributed by atoms with Crippen LogP contribution in [0, 0.1) is 5.92 Å². The van der Waals surface area contributed by atoms with Crippen molar-refractivity contribution in [1.82, 2.24) is 25.6 Å². The molecule has 0 spiro atoms. The Labute approximate surface area is 135 Å². The van der Waals surface area contributed by atoms with Crippen LogP contribution in [0.1, 0.15) is 32.0 Å². The van der Waals surface area contributed by atoms with Crippen LogP contribution in [0.25, 0.3) is 5.69 Å². The van der Waals surface area contributed by atoms with Crippen molar-refractivity contribution in [2.75, 3.05) is 13.2 Å². The SMILES string of the molecule is CC(CCO)CNC(=O)NC(C)c1cn(-c2ccccc2)nn1. The largest absolute Gasteiger partial charge is 0.396 e. The zero-order valence-corrected chi connectivity index (χ0v) is 13.4. The first-order chi connectivity index (χ1) is 11.1. The van der Waals surface area contributed by atoms with Crippen molar-refractivity contribution in [1.29, 1.82) is 0 Å². The molecule has 7 nitrogen and oxygen atoms in total. The number of benzene rings is 1. The first kappa shape index (κ1) is 17.0. The lowest BCUT2D eigenvalue weighted by molar-refractivity contribution is 0.231. The minimum absolute atomic E-state index is 0.128. The van der Waals surface area contributed by atoms with E-state index in [1.54, 1.807) is 10.9 Å². The predicted molar refractivity (Wildman–Crippen MR) is 87.2 cm³/mol. The summed E-state index contributed by atoms with van der Waals surface area (Å²) >= 11 is 0. The zero-order chi connectivity index (χ0) is 16.7. The standard InChI is InChI=1S/C16H23N5O2/c1-12(8-9-22)10-17-16(23)18-13(2)15-11-21(20-19-15)14-6-4-3-5-7-14/h3-7,11-13,22H,8-10H2,1-2H3,(H2,17,18,23). The van der Waals surface area contributed by atoms with Crippen LogP contribution >= 0.6 is 0 Å². The molecule has 124 valence electrons. The molecule has 0 bridgehead atoms. The zero-order valence-electron chi connectivity index (χ0n) is 13.4. The number of urea groups is 1. The quantitative estimate of drug-likeness (QED) is 0.724. The molecule has 0 saturated carbocycles. The molecule has 0 fully saturated rings. The normalized spacial score (nSPS) is 13.3. The summed E-state index contributed by atoms with van der Waals surface area (Å²) in [5, 5.41) is 22.7. The average molecular weight is 317 g/mol. The lowest BCUT2D eigenvalue weighted by Gasteiger charge is -2.14. The van der Waals surface area contributed by atoms with Gasteiger partial charge in [0.2, 0.25) is 0 Å². The van der Waals surface area contributed by atoms with Gasteiger partial charge in [0.05, 0.1) is 17.9 Å². The lowest BCUT2D eigenvalue weighted by atomic mass is 10.1. The molecule has 1 aromatic carbocycles. The van der Waals surface area contributed by atoms with Crippen LogP contribution in [0.15, 0.2) is 36.5 Å². The van der Waals surface area contributed by atoms with E-state index < -0.39 is 0 Å². The molecule has 0 aliphatic rings. The Hall–Kier alpha value is -2.41. The molecule has 2 atom stereocenters. The van der Waals surface area contributed by atoms with E-state index in [0.717, 1.165) is 5.69 Å². The van der Waals surface area contributed by atoms with E-state index in [4.69, 9.17) is 5.11 Å². The molecular weight excluding hydrogens is 294 g/mol. The summed E-state index contributed by atoms with van der Waals surface area (Å²) < 4.78 is 1.68. The number of aliphatic hydroxyl groups is 1. The molecule has 0 saturated heterocycles. The molecule has 0 radical (unpaired) electrons. The maximum atomic E-state index is 11.9. The number of carbonyl (C=O) groups excluding carboxylic acids is 1. The first-order valence-corrected chi connectivity index (χ1v) is 7.73. The molecule has 1 aromatic heterocycles. The Morgan fingerprint density at radius 2 is 2.04 bits per heavy atom. The molecular formula is C16H23N5O2. The first-order valence-electron chi connectivity index (χ1n) is 7.73. The van der Waals surface area contributed by atoms with Gasteiger partial charge in [0.25, 0.3) is 0 Å². The molecule has 7 heteroatoms. The minimum atomic E-state index is -0.253. The van der Waals surface area contributed by atoms with Gasteiger partial charge in [0, 0.05) is 13.2 Å². The minimum Gasteiger partial charge on any atom is -0.396 e. The van der Waals surface area contributed by atoms with Crippen LogP contribution in [0.5, 0.6) is 0 Å². The molecule has 2 unspecified atom stereocenters. The van der Waals surface area contributed by atoms with E-state index in [1.165, 1.54) is 0 Å². The Morgan fingerprint density at radius 1 is 1.30 bits per heavy atom. The van der Waals surface area contributed by atoms with Crippen molar-refractivity contribution in [2.24, 2.45) is 5.92 Å². The number of nitrogens with one attached hydrogen (secondary N) is 2. The number of nitrogens with zero attached hydrogens (tertiary/aromatic N) is 3. The fourth-order valence-electron chi connectivity index (χ4n) is 2.09. The maximum absolute atomic E-state index is 11.9. The van der Waals surface area contributed by atoms with E-state index in [0.29, 0.717) is 18.7 Å². The van der Waals surface area contributed by atoms with Gasteiger partial charge < -0.3 is 15.7 Å². The van der Waals surface area contributed by atoms with Crippen LogP contribution in [0.2, 0.25) is 0 Å². The van der Waals surface area contributed by atoms with Crippen molar-refractivity contribution in [3.63, 3.8) is 0 Å². The highest BCUT2D eigenvalue weighted by Crippen LogP contribution is 2.11. The second-order valence-electron chi connectivity index (χ2n) is 5.62. The average Bonchev–Trinajstić information content (AvgIpc) is 3.04. The highest BCUT2D eigenvalue weighted by Gasteiger charge is 2.14. The number of aliphatic hydroxyl groups excluding tert-OH is 1. The molecule has 2 rings (SSSR count). The highest BCUT2D eigenvalue weighted by atomic mass is 16.3. The van der Waals surface area contributed by atoms with E-state index in [-0.39, 0.29) is 24.6 Å². The van der Waals surface area contributed by atoms with E-state index in [1.807, 2.05) is 44.2 Å². The summed E-state index contributed by atoms with van der Waals surface area (Å²) in [7, 11) is 0. The van der Waals surface area contributed by atoms with E-state index in [2.05, 4.69) is 20.9 Å². The highest BCUT2D eigenvalue weighted by molar-refractivity contribution is 5.74. The van der Waals surface area contributed by atoms with Crippen molar-refractivity contribution in [3.8, 4) is 5.69 Å². The van der Waals surface area contributed by atoms with Gasteiger partial charge >= 0.3 is 6.03 Å². The third-order valence-electron chi connectivity index (χ3n) is 3.56. The predicted octanol–water partition coefficient (Wildman–Crippen LogP) is 1.65. The van der Waals surface area contributed by atoms with Crippen LogP contribution in [0.3, 0.4) is 0 Å². The van der Waals surface area contributed by atoms with Gasteiger partial charge in [-0.05, 0) is 31.4 Å². The molecule has 1 heterocycles. The fraction of sp³-hybridized carbons (Fsp3) is 0.438. The fourth-order valence-corrected chi connectivity index (χ4v) is 2.09. The van der Waals surface area contributed by atoms with Crippen molar-refractivity contribution >= 4 is 6.03 Å². The number of hydrogen-bond donors (Lipinski definition) is 3. The van der Waals surface area contributed by atoms with E-state index >= 15 is 0 Å². The van der Waals surface area contributed by atoms with Gasteiger partial charge in [-0.1, -0.05) is 30.3 Å².